The molecule has 2 unspecified atom stereocenters. The van der Waals surface area contributed by atoms with Gasteiger partial charge < -0.3 is 29.5 Å². The smallest absolute Gasteiger partial charge is 0.278 e. The second-order valence-corrected chi connectivity index (χ2v) is 19.5. The molecule has 2 atom stereocenters. The summed E-state index contributed by atoms with van der Waals surface area (Å²) in [5, 5.41) is 25.2. The Bertz CT molecular complexity index is 3250. The van der Waals surface area contributed by atoms with Crippen molar-refractivity contribution in [3.05, 3.63) is 210 Å². The van der Waals surface area contributed by atoms with E-state index in [1.165, 1.54) is 46.0 Å². The lowest BCUT2D eigenvalue weighted by Crippen LogP contribution is -2.64. The van der Waals surface area contributed by atoms with Crippen molar-refractivity contribution in [2.45, 2.75) is 75.5 Å². The van der Waals surface area contributed by atoms with Gasteiger partial charge in [-0.25, -0.2) is 8.78 Å². The van der Waals surface area contributed by atoms with Crippen LogP contribution in [0.4, 0.5) is 17.6 Å². The number of aromatic hydroxyl groups is 2. The summed E-state index contributed by atoms with van der Waals surface area (Å²) in [4.78, 5) is 55.8. The minimum absolute atomic E-state index is 0.0201. The minimum atomic E-state index is -1.10. The summed E-state index contributed by atoms with van der Waals surface area (Å²) in [5.41, 5.74) is 1.02. The van der Waals surface area contributed by atoms with Crippen molar-refractivity contribution in [2.24, 2.45) is 0 Å². The third-order valence-corrected chi connectivity index (χ3v) is 15.5. The molecule has 6 heterocycles. The van der Waals surface area contributed by atoms with Gasteiger partial charge in [-0.1, -0.05) is 60.7 Å². The maximum Gasteiger partial charge on any atom is 0.278 e. The van der Waals surface area contributed by atoms with Crippen LogP contribution in [0.15, 0.2) is 131 Å². The Kier molecular flexibility index (Phi) is 11.9. The Morgan fingerprint density at radius 2 is 0.919 bits per heavy atom. The van der Waals surface area contributed by atoms with Crippen LogP contribution < -0.4 is 30.3 Å². The lowest BCUT2D eigenvalue weighted by atomic mass is 9.74. The van der Waals surface area contributed by atoms with E-state index in [1.54, 1.807) is 32.0 Å². The topological polar surface area (TPSA) is 150 Å². The minimum Gasteiger partial charge on any atom is -0.502 e. The quantitative estimate of drug-likeness (QED) is 0.128. The van der Waals surface area contributed by atoms with E-state index in [1.807, 2.05) is 74.5 Å². The van der Waals surface area contributed by atoms with Gasteiger partial charge in [-0.15, -0.1) is 0 Å². The highest BCUT2D eigenvalue weighted by atomic mass is 19.2. The molecule has 2 N–H and O–H groups in total. The lowest BCUT2D eigenvalue weighted by Gasteiger charge is -2.54. The SMILES string of the molecule is Cc1ccccc1C1c2ccc(F)c(F)c2OCC=CC2(CCC2)N2CN1n1ccc(=O)c(O)c1C2=O.Cc1ccccc1C1c2ccc(F)c(F)c2OCC=CC2(CCC2)N2CN1n1ccc(=O)c(O)c1C2=O. The van der Waals surface area contributed by atoms with Gasteiger partial charge in [-0.3, -0.25) is 38.5 Å². The van der Waals surface area contributed by atoms with Gasteiger partial charge in [-0.2, -0.15) is 8.78 Å². The number of hydrogen-bond donors (Lipinski definition) is 2. The lowest BCUT2D eigenvalue weighted by molar-refractivity contribution is 0.0249. The van der Waals surface area contributed by atoms with Gasteiger partial charge in [0.25, 0.3) is 11.8 Å². The number of carbonyl (C=O) groups is 2. The molecule has 0 radical (unpaired) electrons. The van der Waals surface area contributed by atoms with Gasteiger partial charge in [-0.05, 0) is 111 Å². The van der Waals surface area contributed by atoms with Crippen LogP contribution in [0.5, 0.6) is 23.0 Å². The van der Waals surface area contributed by atoms with E-state index in [0.29, 0.717) is 36.8 Å². The summed E-state index contributed by atoms with van der Waals surface area (Å²) >= 11 is 0. The Hall–Kier alpha value is -8.28. The van der Waals surface area contributed by atoms with Crippen molar-refractivity contribution in [1.29, 1.82) is 0 Å². The molecular weight excluding hydrogens is 961 g/mol. The number of aryl methyl sites for hydroxylation is 2. The summed E-state index contributed by atoms with van der Waals surface area (Å²) in [6, 6.07) is 21.0. The molecule has 6 aromatic rings. The van der Waals surface area contributed by atoms with E-state index >= 15 is 8.78 Å². The Labute approximate surface area is 421 Å². The number of carbonyl (C=O) groups excluding carboxylic acids is 2. The van der Waals surface area contributed by atoms with Gasteiger partial charge in [0.05, 0.1) is 11.1 Å². The van der Waals surface area contributed by atoms with Crippen molar-refractivity contribution in [1.82, 2.24) is 19.2 Å². The standard InChI is InChI=1S/2C28H25F2N3O4/c2*1-17-6-2-3-7-18(17)23-19-8-9-20(29)22(30)26(19)37-15-5-13-28(11-4-12-28)31-16-33(23)32-14-10-21(34)25(35)24(32)27(31)36/h2*2-3,5-10,13-14,23,35H,4,11-12,15-16H2,1H3. The normalized spacial score (nSPS) is 20.0. The van der Waals surface area contributed by atoms with Crippen LogP contribution in [0, 0.1) is 37.1 Å². The van der Waals surface area contributed by atoms with Crippen LogP contribution in [0.1, 0.15) is 105 Å². The van der Waals surface area contributed by atoms with Crippen molar-refractivity contribution in [2.75, 3.05) is 36.6 Å². The summed E-state index contributed by atoms with van der Waals surface area (Å²) in [7, 11) is 0. The van der Waals surface area contributed by atoms with Gasteiger partial charge in [0, 0.05) is 35.7 Å². The number of fused-ring (bicyclic) bond motifs is 12. The third kappa shape index (κ3) is 7.59. The average molecular weight is 1010 g/mol. The number of halogens is 4. The van der Waals surface area contributed by atoms with E-state index in [-0.39, 0.29) is 49.4 Å². The molecule has 0 saturated heterocycles. The average Bonchev–Trinajstić information content (AvgIpc) is 3.42. The van der Waals surface area contributed by atoms with E-state index in [0.717, 1.165) is 47.2 Å². The molecule has 2 aliphatic carbocycles. The van der Waals surface area contributed by atoms with Gasteiger partial charge >= 0.3 is 0 Å². The number of ether oxygens (including phenoxy) is 2. The molecule has 4 aliphatic heterocycles. The predicted octanol–water partition coefficient (Wildman–Crippen LogP) is 8.31. The van der Waals surface area contributed by atoms with Crippen molar-refractivity contribution in [3.63, 3.8) is 0 Å². The molecule has 2 amide bonds. The second kappa shape index (κ2) is 18.3. The first kappa shape index (κ1) is 48.0. The zero-order valence-corrected chi connectivity index (χ0v) is 40.3. The molecule has 2 aromatic heterocycles. The van der Waals surface area contributed by atoms with E-state index in [2.05, 4.69) is 0 Å². The number of pyridine rings is 2. The highest BCUT2D eigenvalue weighted by molar-refractivity contribution is 5.98. The highest BCUT2D eigenvalue weighted by Crippen LogP contribution is 2.48. The van der Waals surface area contributed by atoms with Crippen LogP contribution in [-0.2, 0) is 0 Å². The van der Waals surface area contributed by atoms with Crippen LogP contribution in [0.3, 0.4) is 0 Å². The number of rotatable bonds is 2. The fourth-order valence-electron chi connectivity index (χ4n) is 11.3. The number of aromatic nitrogens is 2. The van der Waals surface area contributed by atoms with Crippen LogP contribution in [-0.4, -0.2) is 78.8 Å². The molecule has 74 heavy (non-hydrogen) atoms. The zero-order valence-electron chi connectivity index (χ0n) is 40.3. The van der Waals surface area contributed by atoms with Gasteiger partial charge in [0.2, 0.25) is 22.5 Å². The number of benzene rings is 4. The maximum absolute atomic E-state index is 15.3. The molecule has 18 heteroatoms. The largest absolute Gasteiger partial charge is 0.502 e. The van der Waals surface area contributed by atoms with Crippen molar-refractivity contribution in [3.8, 4) is 23.0 Å². The Balaban J connectivity index is 0.000000159. The number of nitrogens with zero attached hydrogens (tertiary/aromatic N) is 6. The van der Waals surface area contributed by atoms with Crippen molar-refractivity contribution >= 4 is 11.8 Å². The number of hydrogen-bond acceptors (Lipinski definition) is 10. The fourth-order valence-corrected chi connectivity index (χ4v) is 11.3. The molecule has 4 aromatic carbocycles. The monoisotopic (exact) mass is 1010 g/mol. The molecule has 14 nitrogen and oxygen atoms in total. The molecule has 380 valence electrons. The molecule has 12 rings (SSSR count). The van der Waals surface area contributed by atoms with Crippen molar-refractivity contribution < 1.29 is 46.8 Å². The predicted molar refractivity (Wildman–Crippen MR) is 264 cm³/mol. The van der Waals surface area contributed by atoms with Crippen LogP contribution in [0.25, 0.3) is 0 Å². The molecule has 2 saturated carbocycles. The zero-order chi connectivity index (χ0) is 51.8. The molecular formula is C56H50F4N6O8. The van der Waals surface area contributed by atoms with Crippen LogP contribution >= 0.6 is 0 Å². The first-order valence-electron chi connectivity index (χ1n) is 24.4. The van der Waals surface area contributed by atoms with E-state index in [4.69, 9.17) is 9.47 Å². The Morgan fingerprint density at radius 3 is 1.28 bits per heavy atom. The Morgan fingerprint density at radius 1 is 0.527 bits per heavy atom. The second-order valence-electron chi connectivity index (χ2n) is 19.5. The number of amides is 2. The van der Waals surface area contributed by atoms with Gasteiger partial charge in [0.1, 0.15) is 38.6 Å². The highest BCUT2D eigenvalue weighted by Gasteiger charge is 2.51. The first-order chi connectivity index (χ1) is 35.6. The first-order valence-corrected chi connectivity index (χ1v) is 24.4. The summed E-state index contributed by atoms with van der Waals surface area (Å²) in [6.07, 6.45) is 14.6. The fraction of sp³-hybridized carbons (Fsp3) is 0.286. The summed E-state index contributed by atoms with van der Waals surface area (Å²) in [6.45, 7) is 3.94. The molecule has 4 bridgehead atoms. The molecule has 2 spiro atoms. The maximum atomic E-state index is 15.3. The summed E-state index contributed by atoms with van der Waals surface area (Å²) in [5.74, 6) is -6.96. The van der Waals surface area contributed by atoms with E-state index < -0.39 is 80.6 Å². The van der Waals surface area contributed by atoms with E-state index in [9.17, 15) is 38.2 Å². The van der Waals surface area contributed by atoms with Crippen LogP contribution in [0.2, 0.25) is 0 Å². The third-order valence-electron chi connectivity index (χ3n) is 15.5. The van der Waals surface area contributed by atoms with Gasteiger partial charge in [0.15, 0.2) is 46.0 Å². The molecule has 6 aliphatic rings. The summed E-state index contributed by atoms with van der Waals surface area (Å²) < 4.78 is 74.0. The molecule has 2 fully saturated rings.